The van der Waals surface area contributed by atoms with Gasteiger partial charge in [0, 0.05) is 31.7 Å². The van der Waals surface area contributed by atoms with Gasteiger partial charge in [0.25, 0.3) is 5.91 Å². The molecule has 2 bridgehead atoms. The highest BCUT2D eigenvalue weighted by atomic mass is 32.1. The Bertz CT molecular complexity index is 673. The molecule has 3 saturated heterocycles. The molecule has 4 atom stereocenters. The van der Waals surface area contributed by atoms with Gasteiger partial charge in [0.15, 0.2) is 0 Å². The quantitative estimate of drug-likeness (QED) is 0.813. The Hall–Kier alpha value is -0.980. The highest BCUT2D eigenvalue weighted by molar-refractivity contribution is 7.13. The minimum absolute atomic E-state index is 0.218. The van der Waals surface area contributed by atoms with Crippen LogP contribution in [0, 0.1) is 25.7 Å². The van der Waals surface area contributed by atoms with E-state index < -0.39 is 0 Å². The molecule has 4 rings (SSSR count). The number of likely N-dealkylation sites (tertiary alicyclic amines) is 1. The Morgan fingerprint density at radius 1 is 1.23 bits per heavy atom. The molecule has 1 aromatic rings. The van der Waals surface area contributed by atoms with E-state index in [9.17, 15) is 4.79 Å². The molecule has 0 N–H and O–H groups in total. The smallest absolute Gasteiger partial charge is 0.265 e. The predicted molar refractivity (Wildman–Crippen MR) is 106 cm³/mol. The van der Waals surface area contributed by atoms with Crippen LogP contribution in [0.15, 0.2) is 0 Å². The third-order valence-electron chi connectivity index (χ3n) is 6.56. The third kappa shape index (κ3) is 3.32. The topological polar surface area (TPSA) is 39.7 Å². The van der Waals surface area contributed by atoms with Gasteiger partial charge >= 0.3 is 0 Å². The van der Waals surface area contributed by atoms with Gasteiger partial charge in [0.05, 0.1) is 10.7 Å². The molecular weight excluding hydrogens is 344 g/mol. The fraction of sp³-hybridized carbons (Fsp3) is 0.800. The summed E-state index contributed by atoms with van der Waals surface area (Å²) in [5, 5.41) is 0.993. The number of carbonyl (C=O) groups is 1. The molecule has 3 aliphatic heterocycles. The van der Waals surface area contributed by atoms with Crippen molar-refractivity contribution in [3.63, 3.8) is 0 Å². The summed E-state index contributed by atoms with van der Waals surface area (Å²) >= 11 is 1.56. The van der Waals surface area contributed by atoms with Gasteiger partial charge in [-0.1, -0.05) is 6.42 Å². The van der Waals surface area contributed by atoms with E-state index in [0.717, 1.165) is 35.2 Å². The van der Waals surface area contributed by atoms with E-state index >= 15 is 0 Å². The Morgan fingerprint density at radius 3 is 2.69 bits per heavy atom. The molecule has 4 heterocycles. The summed E-state index contributed by atoms with van der Waals surface area (Å²) in [7, 11) is 4.36. The number of hydrogen-bond acceptors (Lipinski definition) is 5. The van der Waals surface area contributed by atoms with Gasteiger partial charge in [-0.3, -0.25) is 9.69 Å². The first-order chi connectivity index (χ1) is 12.4. The minimum Gasteiger partial charge on any atom is -0.337 e. The number of thiazole rings is 1. The Morgan fingerprint density at radius 2 is 2.00 bits per heavy atom. The number of fused-ring (bicyclic) bond motifs is 4. The summed E-state index contributed by atoms with van der Waals surface area (Å²) in [6, 6.07) is 1.26. The van der Waals surface area contributed by atoms with Crippen molar-refractivity contribution in [2.45, 2.75) is 51.6 Å². The predicted octanol–water partition coefficient (Wildman–Crippen LogP) is 2.64. The Kier molecular flexibility index (Phi) is 5.10. The zero-order valence-electron chi connectivity index (χ0n) is 16.6. The molecule has 3 fully saturated rings. The van der Waals surface area contributed by atoms with E-state index in [-0.39, 0.29) is 5.91 Å². The number of carbonyl (C=O) groups excluding carboxylic acids is 1. The summed E-state index contributed by atoms with van der Waals surface area (Å²) in [5.74, 6) is 1.46. The fourth-order valence-corrected chi connectivity index (χ4v) is 6.46. The van der Waals surface area contributed by atoms with Crippen molar-refractivity contribution < 1.29 is 4.79 Å². The van der Waals surface area contributed by atoms with E-state index in [2.05, 4.69) is 33.8 Å². The monoisotopic (exact) mass is 376 g/mol. The van der Waals surface area contributed by atoms with E-state index in [1.807, 2.05) is 13.8 Å². The Balaban J connectivity index is 1.58. The van der Waals surface area contributed by atoms with Crippen LogP contribution in [0.3, 0.4) is 0 Å². The normalized spacial score (nSPS) is 32.0. The number of amides is 1. The summed E-state index contributed by atoms with van der Waals surface area (Å²) in [4.78, 5) is 25.9. The molecule has 144 valence electrons. The van der Waals surface area contributed by atoms with Crippen LogP contribution in [-0.2, 0) is 0 Å². The second kappa shape index (κ2) is 7.21. The van der Waals surface area contributed by atoms with Crippen molar-refractivity contribution in [3.8, 4) is 0 Å². The molecule has 6 heteroatoms. The minimum atomic E-state index is 0.218. The van der Waals surface area contributed by atoms with Crippen LogP contribution >= 0.6 is 11.3 Å². The summed E-state index contributed by atoms with van der Waals surface area (Å²) in [6.45, 7) is 8.16. The van der Waals surface area contributed by atoms with Crippen molar-refractivity contribution in [1.29, 1.82) is 0 Å². The standard InChI is InChI=1S/C20H32N4OS/c1-13-19(26-14(2)21-13)20(25)23-10-15-9-16(11-23)18(12-22(3)4)24-8-6-5-7-17(15)24/h15-18H,5-12H2,1-4H3/t15-,16+,17+,18+/m1/s1. The molecule has 1 aromatic heterocycles. The number of likely N-dealkylation sites (N-methyl/N-ethyl adjacent to an activating group) is 1. The average Bonchev–Trinajstić information content (AvgIpc) is 2.96. The van der Waals surface area contributed by atoms with Gasteiger partial charge in [-0.25, -0.2) is 4.98 Å². The van der Waals surface area contributed by atoms with Crippen molar-refractivity contribution >= 4 is 17.2 Å². The van der Waals surface area contributed by atoms with E-state index in [1.54, 1.807) is 11.3 Å². The molecule has 0 radical (unpaired) electrons. The van der Waals surface area contributed by atoms with E-state index in [1.165, 1.54) is 32.2 Å². The van der Waals surface area contributed by atoms with Crippen molar-refractivity contribution in [2.24, 2.45) is 11.8 Å². The van der Waals surface area contributed by atoms with Crippen LogP contribution in [0.5, 0.6) is 0 Å². The van der Waals surface area contributed by atoms with Crippen LogP contribution < -0.4 is 0 Å². The van der Waals surface area contributed by atoms with Crippen LogP contribution in [0.2, 0.25) is 0 Å². The number of hydrogen-bond donors (Lipinski definition) is 0. The number of aromatic nitrogens is 1. The van der Waals surface area contributed by atoms with Crippen molar-refractivity contribution in [2.75, 3.05) is 40.3 Å². The first-order valence-electron chi connectivity index (χ1n) is 10.1. The first-order valence-corrected chi connectivity index (χ1v) is 10.9. The number of aryl methyl sites for hydroxylation is 2. The maximum absolute atomic E-state index is 13.2. The first kappa shape index (κ1) is 18.4. The molecule has 0 saturated carbocycles. The highest BCUT2D eigenvalue weighted by Crippen LogP contribution is 2.41. The molecule has 0 unspecified atom stereocenters. The van der Waals surface area contributed by atoms with E-state index in [0.29, 0.717) is 23.9 Å². The zero-order chi connectivity index (χ0) is 18.4. The second-order valence-corrected chi connectivity index (χ2v) is 9.95. The summed E-state index contributed by atoms with van der Waals surface area (Å²) in [5.41, 5.74) is 0.900. The fourth-order valence-electron chi connectivity index (χ4n) is 5.57. The maximum Gasteiger partial charge on any atom is 0.265 e. The SMILES string of the molecule is Cc1nc(C)c(C(=O)N2C[C@H]3C[C@@H](C2)[C@H](CN(C)C)N2CCCC[C@@H]32)s1. The van der Waals surface area contributed by atoms with Gasteiger partial charge in [0.1, 0.15) is 4.88 Å². The van der Waals surface area contributed by atoms with Gasteiger partial charge in [-0.2, -0.15) is 0 Å². The largest absolute Gasteiger partial charge is 0.337 e. The maximum atomic E-state index is 13.2. The van der Waals surface area contributed by atoms with Crippen LogP contribution in [-0.4, -0.2) is 77.9 Å². The molecule has 26 heavy (non-hydrogen) atoms. The number of piperidine rings is 3. The number of rotatable bonds is 3. The van der Waals surface area contributed by atoms with Crippen LogP contribution in [0.1, 0.15) is 46.1 Å². The van der Waals surface area contributed by atoms with Crippen LogP contribution in [0.4, 0.5) is 0 Å². The summed E-state index contributed by atoms with van der Waals surface area (Å²) < 4.78 is 0. The average molecular weight is 377 g/mol. The van der Waals surface area contributed by atoms with Gasteiger partial charge in [0.2, 0.25) is 0 Å². The Labute approximate surface area is 161 Å². The second-order valence-electron chi connectivity index (χ2n) is 8.74. The molecule has 0 spiro atoms. The lowest BCUT2D eigenvalue weighted by Crippen LogP contribution is -2.65. The van der Waals surface area contributed by atoms with Gasteiger partial charge < -0.3 is 9.80 Å². The molecular formula is C20H32N4OS. The van der Waals surface area contributed by atoms with Gasteiger partial charge in [-0.05, 0) is 65.6 Å². The zero-order valence-corrected chi connectivity index (χ0v) is 17.4. The van der Waals surface area contributed by atoms with Crippen molar-refractivity contribution in [3.05, 3.63) is 15.6 Å². The highest BCUT2D eigenvalue weighted by Gasteiger charge is 2.48. The number of nitrogens with zero attached hydrogens (tertiary/aromatic N) is 4. The van der Waals surface area contributed by atoms with Crippen molar-refractivity contribution in [1.82, 2.24) is 19.7 Å². The van der Waals surface area contributed by atoms with Gasteiger partial charge in [-0.15, -0.1) is 11.3 Å². The van der Waals surface area contributed by atoms with Crippen LogP contribution in [0.25, 0.3) is 0 Å². The lowest BCUT2D eigenvalue weighted by atomic mass is 9.72. The lowest BCUT2D eigenvalue weighted by Gasteiger charge is -2.57. The summed E-state index contributed by atoms with van der Waals surface area (Å²) in [6.07, 6.45) is 5.28. The molecule has 0 aliphatic carbocycles. The lowest BCUT2D eigenvalue weighted by molar-refractivity contribution is -0.0702. The molecule has 0 aromatic carbocycles. The third-order valence-corrected chi connectivity index (χ3v) is 7.62. The van der Waals surface area contributed by atoms with E-state index in [4.69, 9.17) is 0 Å². The molecule has 1 amide bonds. The molecule has 3 aliphatic rings. The molecule has 5 nitrogen and oxygen atoms in total.